The van der Waals surface area contributed by atoms with Crippen LogP contribution in [0.25, 0.3) is 0 Å². The molecule has 0 bridgehead atoms. The van der Waals surface area contributed by atoms with E-state index in [-0.39, 0.29) is 0 Å². The highest BCUT2D eigenvalue weighted by atomic mass is 16.3. The third kappa shape index (κ3) is 1.76. The third-order valence-electron chi connectivity index (χ3n) is 4.84. The van der Waals surface area contributed by atoms with E-state index in [4.69, 9.17) is 0 Å². The SMILES string of the molecule is CC1CCC(O)(C2(C#N)CCCC(C)C2)C1. The molecule has 16 heavy (non-hydrogen) atoms. The van der Waals surface area contributed by atoms with E-state index in [2.05, 4.69) is 19.9 Å². The Morgan fingerprint density at radius 1 is 1.12 bits per heavy atom. The number of nitrogens with zero attached hydrogens (tertiary/aromatic N) is 1. The van der Waals surface area contributed by atoms with Crippen LogP contribution in [0.4, 0.5) is 0 Å². The minimum absolute atomic E-state index is 0.449. The van der Waals surface area contributed by atoms with Gasteiger partial charge in [0.15, 0.2) is 0 Å². The lowest BCUT2D eigenvalue weighted by Crippen LogP contribution is -2.48. The molecule has 2 heteroatoms. The largest absolute Gasteiger partial charge is 0.388 e. The van der Waals surface area contributed by atoms with Crippen LogP contribution in [0.5, 0.6) is 0 Å². The van der Waals surface area contributed by atoms with Crippen LogP contribution in [-0.2, 0) is 0 Å². The molecule has 2 saturated carbocycles. The Labute approximate surface area is 98.7 Å². The quantitative estimate of drug-likeness (QED) is 0.738. The highest BCUT2D eigenvalue weighted by Gasteiger charge is 2.54. The van der Waals surface area contributed by atoms with E-state index in [1.54, 1.807) is 0 Å². The van der Waals surface area contributed by atoms with Crippen LogP contribution >= 0.6 is 0 Å². The molecule has 0 radical (unpaired) electrons. The normalized spacial score (nSPS) is 48.9. The van der Waals surface area contributed by atoms with Gasteiger partial charge in [0, 0.05) is 0 Å². The molecule has 0 aromatic rings. The molecular weight excluding hydrogens is 198 g/mol. The second-order valence-electron chi connectivity index (χ2n) is 6.27. The molecule has 2 fully saturated rings. The molecule has 2 rings (SSSR count). The summed E-state index contributed by atoms with van der Waals surface area (Å²) < 4.78 is 0. The van der Waals surface area contributed by atoms with Gasteiger partial charge in [-0.15, -0.1) is 0 Å². The fourth-order valence-corrected chi connectivity index (χ4v) is 3.88. The van der Waals surface area contributed by atoms with Crippen molar-refractivity contribution in [3.8, 4) is 6.07 Å². The van der Waals surface area contributed by atoms with E-state index in [1.807, 2.05) is 0 Å². The van der Waals surface area contributed by atoms with E-state index >= 15 is 0 Å². The predicted molar refractivity (Wildman–Crippen MR) is 63.6 cm³/mol. The van der Waals surface area contributed by atoms with Crippen molar-refractivity contribution in [2.24, 2.45) is 17.3 Å². The van der Waals surface area contributed by atoms with Crippen molar-refractivity contribution >= 4 is 0 Å². The number of rotatable bonds is 1. The molecule has 0 aliphatic heterocycles. The van der Waals surface area contributed by atoms with Crippen LogP contribution in [0.3, 0.4) is 0 Å². The zero-order valence-electron chi connectivity index (χ0n) is 10.5. The van der Waals surface area contributed by atoms with Gasteiger partial charge in [0.1, 0.15) is 0 Å². The summed E-state index contributed by atoms with van der Waals surface area (Å²) >= 11 is 0. The van der Waals surface area contributed by atoms with Gasteiger partial charge in [-0.3, -0.25) is 0 Å². The molecule has 0 aromatic heterocycles. The fourth-order valence-electron chi connectivity index (χ4n) is 3.88. The molecule has 2 nitrogen and oxygen atoms in total. The van der Waals surface area contributed by atoms with Crippen LogP contribution in [0.2, 0.25) is 0 Å². The Kier molecular flexibility index (Phi) is 3.01. The average molecular weight is 221 g/mol. The van der Waals surface area contributed by atoms with Crippen molar-refractivity contribution < 1.29 is 5.11 Å². The van der Waals surface area contributed by atoms with Crippen molar-refractivity contribution in [3.05, 3.63) is 0 Å². The topological polar surface area (TPSA) is 44.0 Å². The van der Waals surface area contributed by atoms with E-state index in [9.17, 15) is 10.4 Å². The molecular formula is C14H23NO. The van der Waals surface area contributed by atoms with Crippen molar-refractivity contribution in [2.45, 2.75) is 64.4 Å². The lowest BCUT2D eigenvalue weighted by Gasteiger charge is -2.45. The highest BCUT2D eigenvalue weighted by Crippen LogP contribution is 2.54. The minimum atomic E-state index is -0.699. The van der Waals surface area contributed by atoms with Crippen LogP contribution < -0.4 is 0 Å². The second kappa shape index (κ2) is 4.04. The summed E-state index contributed by atoms with van der Waals surface area (Å²) in [4.78, 5) is 0. The van der Waals surface area contributed by atoms with E-state index in [0.29, 0.717) is 11.8 Å². The van der Waals surface area contributed by atoms with Gasteiger partial charge in [-0.1, -0.05) is 26.7 Å². The molecule has 90 valence electrons. The van der Waals surface area contributed by atoms with Crippen LogP contribution in [-0.4, -0.2) is 10.7 Å². The zero-order chi connectivity index (χ0) is 11.8. The first-order valence-corrected chi connectivity index (χ1v) is 6.65. The highest BCUT2D eigenvalue weighted by molar-refractivity contribution is 5.15. The fraction of sp³-hybridized carbons (Fsp3) is 0.929. The van der Waals surface area contributed by atoms with Gasteiger partial charge in [-0.05, 0) is 43.9 Å². The van der Waals surface area contributed by atoms with Gasteiger partial charge in [-0.2, -0.15) is 5.26 Å². The molecule has 4 atom stereocenters. The van der Waals surface area contributed by atoms with Crippen LogP contribution in [0.15, 0.2) is 0 Å². The van der Waals surface area contributed by atoms with E-state index in [1.165, 1.54) is 6.42 Å². The monoisotopic (exact) mass is 221 g/mol. The lowest BCUT2D eigenvalue weighted by molar-refractivity contribution is -0.0772. The maximum absolute atomic E-state index is 10.8. The van der Waals surface area contributed by atoms with Gasteiger partial charge >= 0.3 is 0 Å². The Morgan fingerprint density at radius 3 is 2.31 bits per heavy atom. The summed E-state index contributed by atoms with van der Waals surface area (Å²) in [5.74, 6) is 1.17. The minimum Gasteiger partial charge on any atom is -0.388 e. The lowest BCUT2D eigenvalue weighted by atomic mass is 9.61. The Morgan fingerprint density at radius 2 is 1.81 bits per heavy atom. The molecule has 4 unspecified atom stereocenters. The summed E-state index contributed by atoms with van der Waals surface area (Å²) in [5, 5.41) is 20.4. The van der Waals surface area contributed by atoms with Gasteiger partial charge in [0.05, 0.1) is 17.1 Å². The first kappa shape index (κ1) is 11.9. The number of hydrogen-bond acceptors (Lipinski definition) is 2. The van der Waals surface area contributed by atoms with Gasteiger partial charge in [-0.25, -0.2) is 0 Å². The zero-order valence-corrected chi connectivity index (χ0v) is 10.5. The predicted octanol–water partition coefficient (Wildman–Crippen LogP) is 3.26. The average Bonchev–Trinajstić information content (AvgIpc) is 2.60. The Balaban J connectivity index is 2.24. The van der Waals surface area contributed by atoms with Crippen molar-refractivity contribution in [1.82, 2.24) is 0 Å². The Hall–Kier alpha value is -0.550. The van der Waals surface area contributed by atoms with Gasteiger partial charge < -0.3 is 5.11 Å². The number of hydrogen-bond donors (Lipinski definition) is 1. The van der Waals surface area contributed by atoms with Gasteiger partial charge in [0.25, 0.3) is 0 Å². The molecule has 0 heterocycles. The first-order valence-electron chi connectivity index (χ1n) is 6.65. The second-order valence-corrected chi connectivity index (χ2v) is 6.27. The Bertz CT molecular complexity index is 308. The molecule has 0 saturated heterocycles. The molecule has 1 N–H and O–H groups in total. The number of nitriles is 1. The molecule has 2 aliphatic carbocycles. The van der Waals surface area contributed by atoms with Crippen molar-refractivity contribution in [3.63, 3.8) is 0 Å². The van der Waals surface area contributed by atoms with E-state index < -0.39 is 11.0 Å². The van der Waals surface area contributed by atoms with E-state index in [0.717, 1.165) is 38.5 Å². The van der Waals surface area contributed by atoms with Crippen molar-refractivity contribution in [2.75, 3.05) is 0 Å². The van der Waals surface area contributed by atoms with Crippen LogP contribution in [0.1, 0.15) is 58.8 Å². The van der Waals surface area contributed by atoms with Crippen molar-refractivity contribution in [1.29, 1.82) is 5.26 Å². The third-order valence-corrected chi connectivity index (χ3v) is 4.84. The summed E-state index contributed by atoms with van der Waals surface area (Å²) in [7, 11) is 0. The van der Waals surface area contributed by atoms with Crippen LogP contribution in [0, 0.1) is 28.6 Å². The molecule has 0 spiro atoms. The smallest absolute Gasteiger partial charge is 0.0862 e. The maximum atomic E-state index is 10.8. The summed E-state index contributed by atoms with van der Waals surface area (Å²) in [6.45, 7) is 4.41. The molecule has 2 aliphatic rings. The number of aliphatic hydroxyl groups is 1. The summed E-state index contributed by atoms with van der Waals surface area (Å²) in [5.41, 5.74) is -1.15. The van der Waals surface area contributed by atoms with Gasteiger partial charge in [0.2, 0.25) is 0 Å². The maximum Gasteiger partial charge on any atom is 0.0862 e. The summed E-state index contributed by atoms with van der Waals surface area (Å²) in [6.07, 6.45) is 6.85. The molecule has 0 aromatic carbocycles. The summed E-state index contributed by atoms with van der Waals surface area (Å²) in [6, 6.07) is 2.50. The standard InChI is InChI=1S/C14H23NO/c1-11-4-3-6-13(8-11,10-15)14(16)7-5-12(2)9-14/h11-12,16H,3-9H2,1-2H3. The first-order chi connectivity index (χ1) is 7.51. The molecule has 0 amide bonds.